The van der Waals surface area contributed by atoms with E-state index in [1.165, 1.54) is 91.7 Å². The van der Waals surface area contributed by atoms with Gasteiger partial charge in [0.05, 0.1) is 6.54 Å². The van der Waals surface area contributed by atoms with Crippen LogP contribution in [0, 0.1) is 0 Å². The number of nitrogens with zero attached hydrogens (tertiary/aromatic N) is 3. The molecule has 0 saturated heterocycles. The molecule has 0 atom stereocenters. The number of aryl methyl sites for hydroxylation is 1. The summed E-state index contributed by atoms with van der Waals surface area (Å²) in [6.07, 6.45) is 24.0. The molecule has 1 aromatic heterocycles. The Labute approximate surface area is 180 Å². The minimum Gasteiger partial charge on any atom is -1.00 e. The Hall–Kier alpha value is -0.590. The second-order valence-electron chi connectivity index (χ2n) is 7.87. The average Bonchev–Trinajstić information content (AvgIpc) is 3.11. The lowest BCUT2D eigenvalue weighted by atomic mass is 10.0. The molecule has 28 heavy (non-hydrogen) atoms. The molecule has 7 heteroatoms. The molecule has 0 saturated carbocycles. The Morgan fingerprint density at radius 1 is 0.786 bits per heavy atom. The van der Waals surface area contributed by atoms with Gasteiger partial charge in [0.15, 0.2) is 0 Å². The summed E-state index contributed by atoms with van der Waals surface area (Å²) in [6, 6.07) is 0. The lowest BCUT2D eigenvalue weighted by Crippen LogP contribution is -3.00. The molecule has 0 fully saturated rings. The van der Waals surface area contributed by atoms with E-state index in [9.17, 15) is 8.42 Å². The highest BCUT2D eigenvalue weighted by Gasteiger charge is 2.22. The molecule has 0 N–H and O–H groups in total. The molecule has 0 bridgehead atoms. The molecule has 0 aliphatic carbocycles. The van der Waals surface area contributed by atoms with Crippen molar-refractivity contribution >= 4 is 10.2 Å². The maximum absolute atomic E-state index is 12.0. The first-order valence-corrected chi connectivity index (χ1v) is 12.4. The Kier molecular flexibility index (Phi) is 15.9. The van der Waals surface area contributed by atoms with Crippen molar-refractivity contribution < 1.29 is 25.4 Å². The first-order valence-electron chi connectivity index (χ1n) is 11.0. The van der Waals surface area contributed by atoms with Gasteiger partial charge in [0.1, 0.15) is 12.4 Å². The standard InChI is InChI=1S/C21H42N3O2S.ClH/c1-4-5-6-7-8-9-10-11-12-13-14-15-16-17-18-23-19-20-24(21-23)27(25,26)22(2)3;/h19-21H,4-18H2,1-3H3;1H/q+1;/p-1. The Morgan fingerprint density at radius 3 is 1.64 bits per heavy atom. The maximum Gasteiger partial charge on any atom is 0.379 e. The third-order valence-corrected chi connectivity index (χ3v) is 6.84. The number of aromatic nitrogens is 2. The van der Waals surface area contributed by atoms with Crippen LogP contribution in [0.1, 0.15) is 96.8 Å². The molecule has 1 rings (SSSR count). The van der Waals surface area contributed by atoms with E-state index >= 15 is 0 Å². The lowest BCUT2D eigenvalue weighted by molar-refractivity contribution is -0.696. The highest BCUT2D eigenvalue weighted by atomic mass is 35.5. The number of imidazole rings is 1. The number of hydrogen-bond acceptors (Lipinski definition) is 2. The van der Waals surface area contributed by atoms with Crippen molar-refractivity contribution in [3.8, 4) is 0 Å². The number of hydrogen-bond donors (Lipinski definition) is 0. The van der Waals surface area contributed by atoms with Gasteiger partial charge in [0.2, 0.25) is 0 Å². The largest absolute Gasteiger partial charge is 1.00 e. The van der Waals surface area contributed by atoms with Gasteiger partial charge in [0, 0.05) is 14.1 Å². The SMILES string of the molecule is CCCCCCCCCCCCCCCC[n+]1ccn(S(=O)(=O)N(C)C)c1.[Cl-]. The molecule has 1 aromatic rings. The normalized spacial score (nSPS) is 11.7. The zero-order valence-electron chi connectivity index (χ0n) is 18.3. The highest BCUT2D eigenvalue weighted by Crippen LogP contribution is 2.12. The van der Waals surface area contributed by atoms with Crippen LogP contribution >= 0.6 is 0 Å². The minimum absolute atomic E-state index is 0. The van der Waals surface area contributed by atoms with Crippen LogP contribution in [0.3, 0.4) is 0 Å². The van der Waals surface area contributed by atoms with Crippen molar-refractivity contribution in [3.05, 3.63) is 18.7 Å². The van der Waals surface area contributed by atoms with Crippen molar-refractivity contribution in [3.63, 3.8) is 0 Å². The van der Waals surface area contributed by atoms with Crippen LogP contribution in [0.2, 0.25) is 0 Å². The van der Waals surface area contributed by atoms with Crippen LogP contribution in [-0.2, 0) is 16.8 Å². The zero-order valence-corrected chi connectivity index (χ0v) is 19.9. The summed E-state index contributed by atoms with van der Waals surface area (Å²) in [5.74, 6) is 0. The Morgan fingerprint density at radius 2 is 1.21 bits per heavy atom. The number of halogens is 1. The summed E-state index contributed by atoms with van der Waals surface area (Å²) in [7, 11) is -0.288. The van der Waals surface area contributed by atoms with Gasteiger partial charge in [-0.05, 0) is 12.8 Å². The molecule has 0 aliphatic rings. The Bertz CT molecular complexity index is 588. The second-order valence-corrected chi connectivity index (χ2v) is 9.92. The zero-order chi connectivity index (χ0) is 20.0. The molecule has 0 amide bonds. The minimum atomic E-state index is -3.39. The van der Waals surface area contributed by atoms with E-state index in [-0.39, 0.29) is 12.4 Å². The fourth-order valence-electron chi connectivity index (χ4n) is 3.32. The third-order valence-electron chi connectivity index (χ3n) is 5.16. The first-order chi connectivity index (χ1) is 13.0. The van der Waals surface area contributed by atoms with Gasteiger partial charge in [0.25, 0.3) is 6.33 Å². The number of rotatable bonds is 17. The molecule has 0 spiro atoms. The van der Waals surface area contributed by atoms with Crippen LogP contribution in [-0.4, -0.2) is 30.8 Å². The third kappa shape index (κ3) is 11.4. The van der Waals surface area contributed by atoms with Crippen molar-refractivity contribution in [2.24, 2.45) is 0 Å². The van der Waals surface area contributed by atoms with Gasteiger partial charge in [-0.15, -0.1) is 3.97 Å². The summed E-state index contributed by atoms with van der Waals surface area (Å²) < 4.78 is 28.5. The van der Waals surface area contributed by atoms with Crippen LogP contribution in [0.4, 0.5) is 0 Å². The van der Waals surface area contributed by atoms with E-state index in [1.807, 2.05) is 10.8 Å². The molecule has 0 radical (unpaired) electrons. The fraction of sp³-hybridized carbons (Fsp3) is 0.857. The monoisotopic (exact) mass is 435 g/mol. The van der Waals surface area contributed by atoms with Crippen LogP contribution in [0.25, 0.3) is 0 Å². The van der Waals surface area contributed by atoms with Crippen LogP contribution < -0.4 is 17.0 Å². The summed E-state index contributed by atoms with van der Waals surface area (Å²) in [5, 5.41) is 0. The molecule has 1 heterocycles. The van der Waals surface area contributed by atoms with E-state index in [4.69, 9.17) is 0 Å². The molecule has 166 valence electrons. The van der Waals surface area contributed by atoms with Gasteiger partial charge in [-0.1, -0.05) is 84.0 Å². The van der Waals surface area contributed by atoms with Gasteiger partial charge >= 0.3 is 10.2 Å². The molecule has 5 nitrogen and oxygen atoms in total. The van der Waals surface area contributed by atoms with Gasteiger partial charge in [-0.2, -0.15) is 12.7 Å². The smallest absolute Gasteiger partial charge is 0.379 e. The molecular weight excluding hydrogens is 394 g/mol. The van der Waals surface area contributed by atoms with Crippen molar-refractivity contribution in [2.45, 2.75) is 103 Å². The van der Waals surface area contributed by atoms with Crippen molar-refractivity contribution in [1.29, 1.82) is 0 Å². The topological polar surface area (TPSA) is 46.2 Å². The second kappa shape index (κ2) is 16.2. The molecule has 0 aromatic carbocycles. The lowest BCUT2D eigenvalue weighted by Gasteiger charge is -2.05. The predicted molar refractivity (Wildman–Crippen MR) is 113 cm³/mol. The van der Waals surface area contributed by atoms with Gasteiger partial charge < -0.3 is 12.4 Å². The maximum atomic E-state index is 12.0. The van der Waals surface area contributed by atoms with Crippen LogP contribution in [0.5, 0.6) is 0 Å². The molecular formula is C21H42ClN3O2S. The summed E-state index contributed by atoms with van der Waals surface area (Å²) in [6.45, 7) is 3.16. The summed E-state index contributed by atoms with van der Waals surface area (Å²) >= 11 is 0. The van der Waals surface area contributed by atoms with Gasteiger partial charge in [-0.3, -0.25) is 0 Å². The van der Waals surface area contributed by atoms with E-state index in [0.29, 0.717) is 0 Å². The number of unbranched alkanes of at least 4 members (excludes halogenated alkanes) is 13. The molecule has 0 aliphatic heterocycles. The van der Waals surface area contributed by atoms with Crippen molar-refractivity contribution in [1.82, 2.24) is 8.28 Å². The quantitative estimate of drug-likeness (QED) is 0.277. The van der Waals surface area contributed by atoms with E-state index in [0.717, 1.165) is 13.0 Å². The molecule has 0 unspecified atom stereocenters. The summed E-state index contributed by atoms with van der Waals surface area (Å²) in [4.78, 5) is 0. The highest BCUT2D eigenvalue weighted by molar-refractivity contribution is 7.87. The predicted octanol–water partition coefficient (Wildman–Crippen LogP) is 1.92. The van der Waals surface area contributed by atoms with Crippen LogP contribution in [0.15, 0.2) is 18.7 Å². The summed E-state index contributed by atoms with van der Waals surface area (Å²) in [5.41, 5.74) is 0. The Balaban J connectivity index is 0.00000729. The fourth-order valence-corrected chi connectivity index (χ4v) is 4.15. The van der Waals surface area contributed by atoms with Gasteiger partial charge in [-0.25, -0.2) is 4.57 Å². The van der Waals surface area contributed by atoms with E-state index in [2.05, 4.69) is 6.92 Å². The van der Waals surface area contributed by atoms with Crippen molar-refractivity contribution in [2.75, 3.05) is 14.1 Å². The average molecular weight is 436 g/mol. The van der Waals surface area contributed by atoms with E-state index < -0.39 is 10.2 Å². The van der Waals surface area contributed by atoms with E-state index in [1.54, 1.807) is 26.6 Å². The first kappa shape index (κ1) is 27.4.